The SMILES string of the molecule is CN1C2CCCCC2C(c2ccccc2)C2CCCCC21C#N. The van der Waals surface area contributed by atoms with E-state index in [2.05, 4.69) is 48.3 Å². The lowest BCUT2D eigenvalue weighted by Crippen LogP contribution is -2.65. The Morgan fingerprint density at radius 2 is 1.78 bits per heavy atom. The van der Waals surface area contributed by atoms with Gasteiger partial charge in [-0.1, -0.05) is 56.0 Å². The molecule has 4 rings (SSSR count). The van der Waals surface area contributed by atoms with Crippen molar-refractivity contribution in [3.63, 3.8) is 0 Å². The molecule has 0 spiro atoms. The minimum atomic E-state index is -0.225. The van der Waals surface area contributed by atoms with Crippen LogP contribution in [0.15, 0.2) is 30.3 Å². The fourth-order valence-electron chi connectivity index (χ4n) is 6.10. The van der Waals surface area contributed by atoms with Crippen molar-refractivity contribution in [1.29, 1.82) is 5.26 Å². The molecule has 3 fully saturated rings. The quantitative estimate of drug-likeness (QED) is 0.750. The zero-order chi connectivity index (χ0) is 15.9. The van der Waals surface area contributed by atoms with E-state index >= 15 is 0 Å². The summed E-state index contributed by atoms with van der Waals surface area (Å²) < 4.78 is 0. The van der Waals surface area contributed by atoms with E-state index in [1.165, 1.54) is 50.5 Å². The van der Waals surface area contributed by atoms with Crippen molar-refractivity contribution in [3.8, 4) is 6.07 Å². The Kier molecular flexibility index (Phi) is 3.93. The highest BCUT2D eigenvalue weighted by Crippen LogP contribution is 2.56. The maximum atomic E-state index is 10.2. The molecule has 1 aromatic rings. The van der Waals surface area contributed by atoms with Gasteiger partial charge in [0.1, 0.15) is 5.54 Å². The van der Waals surface area contributed by atoms with Crippen LogP contribution < -0.4 is 0 Å². The number of fused-ring (bicyclic) bond motifs is 2. The zero-order valence-electron chi connectivity index (χ0n) is 14.2. The third-order valence-corrected chi connectivity index (χ3v) is 7.12. The molecule has 1 saturated heterocycles. The van der Waals surface area contributed by atoms with Crippen LogP contribution in [0, 0.1) is 23.2 Å². The Hall–Kier alpha value is -1.33. The number of likely N-dealkylation sites (tertiary alicyclic amines) is 1. The van der Waals surface area contributed by atoms with Gasteiger partial charge in [0, 0.05) is 6.04 Å². The van der Waals surface area contributed by atoms with Gasteiger partial charge in [0.05, 0.1) is 6.07 Å². The van der Waals surface area contributed by atoms with E-state index in [-0.39, 0.29) is 5.54 Å². The smallest absolute Gasteiger partial charge is 0.112 e. The summed E-state index contributed by atoms with van der Waals surface area (Å²) in [6.07, 6.45) is 10.1. The van der Waals surface area contributed by atoms with Crippen LogP contribution >= 0.6 is 0 Å². The molecule has 2 nitrogen and oxygen atoms in total. The Morgan fingerprint density at radius 1 is 1.04 bits per heavy atom. The highest BCUT2D eigenvalue weighted by Gasteiger charge is 2.57. The summed E-state index contributed by atoms with van der Waals surface area (Å²) in [5.41, 5.74) is 1.26. The molecule has 122 valence electrons. The summed E-state index contributed by atoms with van der Waals surface area (Å²) in [5.74, 6) is 1.83. The number of benzene rings is 1. The minimum Gasteiger partial charge on any atom is -0.285 e. The van der Waals surface area contributed by atoms with Crippen molar-refractivity contribution >= 4 is 0 Å². The number of nitrogens with zero attached hydrogens (tertiary/aromatic N) is 2. The van der Waals surface area contributed by atoms with Crippen molar-refractivity contribution in [2.45, 2.75) is 68.9 Å². The van der Waals surface area contributed by atoms with Crippen molar-refractivity contribution < 1.29 is 0 Å². The van der Waals surface area contributed by atoms with Crippen LogP contribution in [0.3, 0.4) is 0 Å². The van der Waals surface area contributed by atoms with Gasteiger partial charge in [0.2, 0.25) is 0 Å². The number of rotatable bonds is 1. The Bertz CT molecular complexity index is 590. The van der Waals surface area contributed by atoms with E-state index in [4.69, 9.17) is 0 Å². The van der Waals surface area contributed by atoms with Crippen molar-refractivity contribution in [2.75, 3.05) is 7.05 Å². The van der Waals surface area contributed by atoms with Gasteiger partial charge in [-0.3, -0.25) is 4.90 Å². The number of hydrogen-bond acceptors (Lipinski definition) is 2. The standard InChI is InChI=1S/C21H28N2/c1-23-19-13-6-5-11-17(19)20(16-9-3-2-4-10-16)18-12-7-8-14-21(18,23)15-22/h2-4,9-10,17-20H,5-8,11-14H2,1H3. The summed E-state index contributed by atoms with van der Waals surface area (Å²) >= 11 is 0. The molecule has 0 aromatic heterocycles. The fraction of sp³-hybridized carbons (Fsp3) is 0.667. The Balaban J connectivity index is 1.82. The third-order valence-electron chi connectivity index (χ3n) is 7.12. The zero-order valence-corrected chi connectivity index (χ0v) is 14.2. The van der Waals surface area contributed by atoms with Crippen molar-refractivity contribution in [1.82, 2.24) is 4.90 Å². The van der Waals surface area contributed by atoms with Gasteiger partial charge in [0.15, 0.2) is 0 Å². The van der Waals surface area contributed by atoms with Crippen LogP contribution in [0.1, 0.15) is 62.8 Å². The molecule has 23 heavy (non-hydrogen) atoms. The van der Waals surface area contributed by atoms with Gasteiger partial charge in [-0.05, 0) is 56.0 Å². The topological polar surface area (TPSA) is 27.0 Å². The molecular weight excluding hydrogens is 280 g/mol. The molecule has 1 heterocycles. The molecule has 0 N–H and O–H groups in total. The van der Waals surface area contributed by atoms with Crippen LogP contribution in [-0.2, 0) is 0 Å². The average Bonchev–Trinajstić information content (AvgIpc) is 2.63. The second-order valence-electron chi connectivity index (χ2n) is 7.95. The monoisotopic (exact) mass is 308 g/mol. The predicted molar refractivity (Wildman–Crippen MR) is 93.0 cm³/mol. The molecule has 3 aliphatic rings. The first-order valence-electron chi connectivity index (χ1n) is 9.47. The molecule has 0 radical (unpaired) electrons. The Labute approximate surface area is 140 Å². The van der Waals surface area contributed by atoms with E-state index in [0.29, 0.717) is 17.9 Å². The van der Waals surface area contributed by atoms with Crippen molar-refractivity contribution in [2.24, 2.45) is 11.8 Å². The second kappa shape index (κ2) is 5.95. The highest BCUT2D eigenvalue weighted by atomic mass is 15.2. The third kappa shape index (κ3) is 2.24. The lowest BCUT2D eigenvalue weighted by atomic mass is 9.55. The summed E-state index contributed by atoms with van der Waals surface area (Å²) in [5, 5.41) is 10.2. The molecule has 1 aromatic carbocycles. The molecule has 0 bridgehead atoms. The minimum absolute atomic E-state index is 0.225. The molecule has 5 unspecified atom stereocenters. The lowest BCUT2D eigenvalue weighted by Gasteiger charge is -2.60. The number of hydrogen-bond donors (Lipinski definition) is 0. The normalized spacial score (nSPS) is 40.7. The highest BCUT2D eigenvalue weighted by molar-refractivity contribution is 5.30. The largest absolute Gasteiger partial charge is 0.285 e. The summed E-state index contributed by atoms with van der Waals surface area (Å²) in [6.45, 7) is 0. The molecule has 2 heteroatoms. The van der Waals surface area contributed by atoms with Crippen LogP contribution in [0.25, 0.3) is 0 Å². The van der Waals surface area contributed by atoms with E-state index in [1.807, 2.05) is 0 Å². The maximum Gasteiger partial charge on any atom is 0.112 e. The van der Waals surface area contributed by atoms with Gasteiger partial charge in [0.25, 0.3) is 0 Å². The van der Waals surface area contributed by atoms with Crippen LogP contribution in [-0.4, -0.2) is 23.5 Å². The lowest BCUT2D eigenvalue weighted by molar-refractivity contribution is -0.0761. The molecule has 2 aliphatic carbocycles. The van der Waals surface area contributed by atoms with E-state index in [1.54, 1.807) is 0 Å². The van der Waals surface area contributed by atoms with E-state index in [0.717, 1.165) is 12.3 Å². The molecule has 2 saturated carbocycles. The summed E-state index contributed by atoms with van der Waals surface area (Å²) in [6, 6.07) is 14.5. The first-order chi connectivity index (χ1) is 11.3. The van der Waals surface area contributed by atoms with Crippen LogP contribution in [0.4, 0.5) is 0 Å². The second-order valence-corrected chi connectivity index (χ2v) is 7.95. The van der Waals surface area contributed by atoms with Gasteiger partial charge < -0.3 is 0 Å². The summed E-state index contributed by atoms with van der Waals surface area (Å²) in [7, 11) is 2.26. The fourth-order valence-corrected chi connectivity index (χ4v) is 6.10. The van der Waals surface area contributed by atoms with E-state index < -0.39 is 0 Å². The Morgan fingerprint density at radius 3 is 2.57 bits per heavy atom. The summed E-state index contributed by atoms with van der Waals surface area (Å²) in [4.78, 5) is 2.53. The first-order valence-corrected chi connectivity index (χ1v) is 9.47. The molecular formula is C21H28N2. The van der Waals surface area contributed by atoms with Crippen LogP contribution in [0.2, 0.25) is 0 Å². The van der Waals surface area contributed by atoms with Gasteiger partial charge in [-0.25, -0.2) is 0 Å². The molecule has 5 atom stereocenters. The van der Waals surface area contributed by atoms with Gasteiger partial charge >= 0.3 is 0 Å². The van der Waals surface area contributed by atoms with Gasteiger partial charge in [-0.2, -0.15) is 5.26 Å². The van der Waals surface area contributed by atoms with Crippen LogP contribution in [0.5, 0.6) is 0 Å². The van der Waals surface area contributed by atoms with E-state index in [9.17, 15) is 5.26 Å². The molecule has 0 amide bonds. The first kappa shape index (κ1) is 15.2. The van der Waals surface area contributed by atoms with Gasteiger partial charge in [-0.15, -0.1) is 0 Å². The predicted octanol–water partition coefficient (Wildman–Crippen LogP) is 4.73. The number of nitriles is 1. The maximum absolute atomic E-state index is 10.2. The average molecular weight is 308 g/mol. The number of piperidine rings is 1. The van der Waals surface area contributed by atoms with Crippen molar-refractivity contribution in [3.05, 3.63) is 35.9 Å². The molecule has 1 aliphatic heterocycles.